The van der Waals surface area contributed by atoms with E-state index in [4.69, 9.17) is 21.7 Å². The second kappa shape index (κ2) is 11.6. The van der Waals surface area contributed by atoms with E-state index in [0.29, 0.717) is 11.5 Å². The SMILES string of the molecule is Cc1cc(OCC(=O)NNC(=S)NC(=O)COc2c(C)cc(Br)cc2Br)ccc1Br. The number of hydrogen-bond acceptors (Lipinski definition) is 5. The van der Waals surface area contributed by atoms with Gasteiger partial charge in [-0.1, -0.05) is 31.9 Å². The predicted octanol–water partition coefficient (Wildman–Crippen LogP) is 4.07. The minimum atomic E-state index is -0.474. The summed E-state index contributed by atoms with van der Waals surface area (Å²) in [6.07, 6.45) is 0. The molecule has 7 nitrogen and oxygen atoms in total. The van der Waals surface area contributed by atoms with E-state index in [9.17, 15) is 9.59 Å². The summed E-state index contributed by atoms with van der Waals surface area (Å²) in [5, 5.41) is 2.35. The van der Waals surface area contributed by atoms with Crippen molar-refractivity contribution in [1.29, 1.82) is 0 Å². The van der Waals surface area contributed by atoms with E-state index in [2.05, 4.69) is 64.0 Å². The minimum Gasteiger partial charge on any atom is -0.484 e. The molecule has 0 aliphatic rings. The Morgan fingerprint density at radius 2 is 1.60 bits per heavy atom. The first-order valence-electron chi connectivity index (χ1n) is 8.51. The molecule has 0 aliphatic carbocycles. The molecule has 3 N–H and O–H groups in total. The van der Waals surface area contributed by atoms with Crippen LogP contribution in [0.1, 0.15) is 11.1 Å². The Hall–Kier alpha value is -1.69. The molecule has 0 aromatic heterocycles. The van der Waals surface area contributed by atoms with E-state index in [1.54, 1.807) is 12.1 Å². The molecule has 0 radical (unpaired) electrons. The molecule has 0 bridgehead atoms. The number of carbonyl (C=O) groups is 2. The van der Waals surface area contributed by atoms with Crippen LogP contribution in [0, 0.1) is 13.8 Å². The monoisotopic (exact) mass is 621 g/mol. The Morgan fingerprint density at radius 1 is 0.900 bits per heavy atom. The van der Waals surface area contributed by atoms with Gasteiger partial charge in [-0.15, -0.1) is 0 Å². The third-order valence-corrected chi connectivity index (χ3v) is 5.75. The van der Waals surface area contributed by atoms with Crippen LogP contribution in [0.25, 0.3) is 0 Å². The molecular formula is C19H18Br3N3O4S. The van der Waals surface area contributed by atoms with Crippen LogP contribution in [0.4, 0.5) is 0 Å². The van der Waals surface area contributed by atoms with Gasteiger partial charge in [0, 0.05) is 8.95 Å². The molecule has 0 spiro atoms. The quantitative estimate of drug-likeness (QED) is 0.332. The Bertz CT molecular complexity index is 949. The maximum absolute atomic E-state index is 12.0. The van der Waals surface area contributed by atoms with Crippen LogP contribution in [0.2, 0.25) is 0 Å². The highest BCUT2D eigenvalue weighted by atomic mass is 79.9. The second-order valence-corrected chi connectivity index (χ2v) is 9.11. The van der Waals surface area contributed by atoms with Crippen LogP contribution in [-0.4, -0.2) is 30.1 Å². The van der Waals surface area contributed by atoms with Crippen LogP contribution >= 0.6 is 60.0 Å². The molecule has 0 saturated carbocycles. The summed E-state index contributed by atoms with van der Waals surface area (Å²) in [4.78, 5) is 23.9. The van der Waals surface area contributed by atoms with E-state index in [1.165, 1.54) is 0 Å². The van der Waals surface area contributed by atoms with Crippen molar-refractivity contribution < 1.29 is 19.1 Å². The second-order valence-electron chi connectivity index (χ2n) is 6.07. The van der Waals surface area contributed by atoms with Gasteiger partial charge in [0.15, 0.2) is 18.3 Å². The van der Waals surface area contributed by atoms with Gasteiger partial charge in [0.05, 0.1) is 4.47 Å². The number of carbonyl (C=O) groups excluding carboxylic acids is 2. The molecule has 2 aromatic carbocycles. The summed E-state index contributed by atoms with van der Waals surface area (Å²) in [5.41, 5.74) is 6.64. The number of hydrogen-bond donors (Lipinski definition) is 3. The summed E-state index contributed by atoms with van der Waals surface area (Å²) in [5.74, 6) is 0.185. The Balaban J connectivity index is 1.71. The molecule has 0 saturated heterocycles. The van der Waals surface area contributed by atoms with Crippen LogP contribution in [0.5, 0.6) is 11.5 Å². The normalized spacial score (nSPS) is 10.2. The van der Waals surface area contributed by atoms with Crippen LogP contribution in [0.15, 0.2) is 43.7 Å². The van der Waals surface area contributed by atoms with E-state index in [1.807, 2.05) is 32.0 Å². The Kier molecular flexibility index (Phi) is 9.53. The third kappa shape index (κ3) is 7.86. The van der Waals surface area contributed by atoms with Gasteiger partial charge in [0.25, 0.3) is 11.8 Å². The van der Waals surface area contributed by atoms with Crippen molar-refractivity contribution >= 4 is 76.9 Å². The number of nitrogens with one attached hydrogen (secondary N) is 3. The van der Waals surface area contributed by atoms with E-state index < -0.39 is 11.8 Å². The summed E-state index contributed by atoms with van der Waals surface area (Å²) in [7, 11) is 0. The average Bonchev–Trinajstić information content (AvgIpc) is 2.66. The van der Waals surface area contributed by atoms with Gasteiger partial charge in [-0.2, -0.15) is 0 Å². The van der Waals surface area contributed by atoms with Crippen LogP contribution < -0.4 is 25.6 Å². The fraction of sp³-hybridized carbons (Fsp3) is 0.211. The number of benzene rings is 2. The summed E-state index contributed by atoms with van der Waals surface area (Å²) >= 11 is 15.2. The molecular weight excluding hydrogens is 606 g/mol. The fourth-order valence-corrected chi connectivity index (χ4v) is 4.19. The van der Waals surface area contributed by atoms with Crippen molar-refractivity contribution in [2.75, 3.05) is 13.2 Å². The first-order valence-corrected chi connectivity index (χ1v) is 11.3. The number of thiocarbonyl (C=S) groups is 1. The van der Waals surface area contributed by atoms with Crippen LogP contribution in [-0.2, 0) is 9.59 Å². The molecule has 0 aliphatic heterocycles. The highest BCUT2D eigenvalue weighted by molar-refractivity contribution is 9.11. The fourth-order valence-electron chi connectivity index (χ4n) is 2.22. The molecule has 0 unspecified atom stereocenters. The van der Waals surface area contributed by atoms with E-state index in [-0.39, 0.29) is 18.3 Å². The number of rotatable bonds is 6. The molecule has 0 heterocycles. The first kappa shape index (κ1) is 24.6. The largest absolute Gasteiger partial charge is 0.484 e. The maximum atomic E-state index is 12.0. The molecule has 160 valence electrons. The van der Waals surface area contributed by atoms with Crippen molar-refractivity contribution in [3.63, 3.8) is 0 Å². The lowest BCUT2D eigenvalue weighted by molar-refractivity contribution is -0.124. The molecule has 0 atom stereocenters. The average molecular weight is 624 g/mol. The van der Waals surface area contributed by atoms with Gasteiger partial charge in [0.1, 0.15) is 11.5 Å². The number of hydrazine groups is 1. The van der Waals surface area contributed by atoms with E-state index in [0.717, 1.165) is 24.5 Å². The molecule has 2 rings (SSSR count). The Labute approximate surface area is 204 Å². The maximum Gasteiger partial charge on any atom is 0.276 e. The third-order valence-electron chi connectivity index (χ3n) is 3.61. The van der Waals surface area contributed by atoms with Crippen LogP contribution in [0.3, 0.4) is 0 Å². The highest BCUT2D eigenvalue weighted by Gasteiger charge is 2.11. The zero-order chi connectivity index (χ0) is 22.3. The summed E-state index contributed by atoms with van der Waals surface area (Å²) < 4.78 is 13.5. The van der Waals surface area contributed by atoms with Crippen molar-refractivity contribution in [2.45, 2.75) is 13.8 Å². The molecule has 30 heavy (non-hydrogen) atoms. The van der Waals surface area contributed by atoms with Gasteiger partial charge in [-0.3, -0.25) is 25.8 Å². The first-order chi connectivity index (χ1) is 14.2. The number of aryl methyl sites for hydroxylation is 2. The smallest absolute Gasteiger partial charge is 0.276 e. The Morgan fingerprint density at radius 3 is 2.27 bits per heavy atom. The predicted molar refractivity (Wildman–Crippen MR) is 128 cm³/mol. The zero-order valence-corrected chi connectivity index (χ0v) is 21.6. The molecule has 2 aromatic rings. The zero-order valence-electron chi connectivity index (χ0n) is 16.0. The molecule has 0 fully saturated rings. The van der Waals surface area contributed by atoms with Gasteiger partial charge in [-0.05, 0) is 83.5 Å². The van der Waals surface area contributed by atoms with Crippen molar-refractivity contribution in [3.8, 4) is 11.5 Å². The highest BCUT2D eigenvalue weighted by Crippen LogP contribution is 2.32. The topological polar surface area (TPSA) is 88.7 Å². The van der Waals surface area contributed by atoms with E-state index >= 15 is 0 Å². The lowest BCUT2D eigenvalue weighted by Gasteiger charge is -2.13. The summed E-state index contributed by atoms with van der Waals surface area (Å²) in [6, 6.07) is 9.08. The minimum absolute atomic E-state index is 0.0666. The lowest BCUT2D eigenvalue weighted by atomic mass is 10.2. The van der Waals surface area contributed by atoms with Gasteiger partial charge >= 0.3 is 0 Å². The number of amides is 2. The van der Waals surface area contributed by atoms with Gasteiger partial charge < -0.3 is 9.47 Å². The lowest BCUT2D eigenvalue weighted by Crippen LogP contribution is -2.50. The number of halogens is 3. The molecule has 2 amide bonds. The van der Waals surface area contributed by atoms with Gasteiger partial charge in [0.2, 0.25) is 0 Å². The van der Waals surface area contributed by atoms with Crippen molar-refractivity contribution in [3.05, 3.63) is 54.9 Å². The van der Waals surface area contributed by atoms with Gasteiger partial charge in [-0.25, -0.2) is 0 Å². The van der Waals surface area contributed by atoms with Crippen molar-refractivity contribution in [2.24, 2.45) is 0 Å². The van der Waals surface area contributed by atoms with Crippen molar-refractivity contribution in [1.82, 2.24) is 16.2 Å². The number of ether oxygens (including phenoxy) is 2. The molecule has 11 heteroatoms. The summed E-state index contributed by atoms with van der Waals surface area (Å²) in [6.45, 7) is 3.32. The standard InChI is InChI=1S/C19H18Br3N3O4S/c1-10-6-13(3-4-14(10)21)28-9-17(27)24-25-19(30)23-16(26)8-29-18-11(2)5-12(20)7-15(18)22/h3-7H,8-9H2,1-2H3,(H,24,27)(H2,23,25,26,30).